The molecule has 0 aliphatic carbocycles. The molecule has 0 unspecified atom stereocenters. The highest BCUT2D eigenvalue weighted by atomic mass is 16.5. The lowest BCUT2D eigenvalue weighted by atomic mass is 10.2. The Morgan fingerprint density at radius 2 is 2.00 bits per heavy atom. The van der Waals surface area contributed by atoms with Crippen LogP contribution in [-0.4, -0.2) is 30.7 Å². The third-order valence-corrected chi connectivity index (χ3v) is 2.25. The molecule has 96 valence electrons. The Kier molecular flexibility index (Phi) is 4.42. The molecule has 0 saturated heterocycles. The van der Waals surface area contributed by atoms with Gasteiger partial charge in [0.25, 0.3) is 5.56 Å². The van der Waals surface area contributed by atoms with E-state index in [0.29, 0.717) is 0 Å². The largest absolute Gasteiger partial charge is 0.466 e. The fourth-order valence-corrected chi connectivity index (χ4v) is 1.30. The van der Waals surface area contributed by atoms with E-state index in [1.165, 1.54) is 31.0 Å². The molecule has 0 radical (unpaired) electrons. The summed E-state index contributed by atoms with van der Waals surface area (Å²) in [6.45, 7) is 3.52. The second-order valence-corrected chi connectivity index (χ2v) is 3.47. The van der Waals surface area contributed by atoms with Crippen LogP contribution in [0, 0.1) is 0 Å². The maximum atomic E-state index is 11.7. The molecule has 1 aromatic heterocycles. The van der Waals surface area contributed by atoms with E-state index in [1.54, 1.807) is 0 Å². The first kappa shape index (κ1) is 13.7. The molecule has 18 heavy (non-hydrogen) atoms. The monoisotopic (exact) mass is 251 g/mol. The van der Waals surface area contributed by atoms with E-state index in [2.05, 4.69) is 16.1 Å². The third kappa shape index (κ3) is 3.07. The second-order valence-electron chi connectivity index (χ2n) is 3.47. The average Bonchev–Trinajstić information content (AvgIpc) is 2.38. The standard InChI is InChI=1S/C12H13NO5/c1-8(11(15)17-2)7-13-5-4-9(6-10(13)14)12(16)18-3/h4-6H,1,7H2,2-3H3. The van der Waals surface area contributed by atoms with Gasteiger partial charge in [0.05, 0.1) is 26.3 Å². The van der Waals surface area contributed by atoms with Gasteiger partial charge in [0.2, 0.25) is 0 Å². The van der Waals surface area contributed by atoms with Crippen LogP contribution >= 0.6 is 0 Å². The zero-order valence-corrected chi connectivity index (χ0v) is 10.1. The predicted octanol–water partition coefficient (Wildman–Crippen LogP) is 0.364. The van der Waals surface area contributed by atoms with Gasteiger partial charge < -0.3 is 14.0 Å². The van der Waals surface area contributed by atoms with Gasteiger partial charge in [0.1, 0.15) is 0 Å². The van der Waals surface area contributed by atoms with Gasteiger partial charge in [-0.05, 0) is 6.07 Å². The van der Waals surface area contributed by atoms with Gasteiger partial charge in [-0.1, -0.05) is 6.58 Å². The molecule has 1 heterocycles. The van der Waals surface area contributed by atoms with Crippen LogP contribution in [0.25, 0.3) is 0 Å². The zero-order valence-electron chi connectivity index (χ0n) is 10.1. The predicted molar refractivity (Wildman–Crippen MR) is 63.2 cm³/mol. The van der Waals surface area contributed by atoms with E-state index in [1.807, 2.05) is 0 Å². The van der Waals surface area contributed by atoms with Crippen LogP contribution in [-0.2, 0) is 20.8 Å². The van der Waals surface area contributed by atoms with Gasteiger partial charge in [-0.2, -0.15) is 0 Å². The smallest absolute Gasteiger partial charge is 0.338 e. The number of nitrogens with zero attached hydrogens (tertiary/aromatic N) is 1. The number of aromatic nitrogens is 1. The topological polar surface area (TPSA) is 74.6 Å². The Morgan fingerprint density at radius 1 is 1.33 bits per heavy atom. The molecule has 0 bridgehead atoms. The lowest BCUT2D eigenvalue weighted by Gasteiger charge is -2.07. The van der Waals surface area contributed by atoms with E-state index >= 15 is 0 Å². The van der Waals surface area contributed by atoms with Crippen LogP contribution in [0.3, 0.4) is 0 Å². The molecule has 0 N–H and O–H groups in total. The normalized spacial score (nSPS) is 9.67. The van der Waals surface area contributed by atoms with Gasteiger partial charge in [-0.3, -0.25) is 4.79 Å². The number of pyridine rings is 1. The van der Waals surface area contributed by atoms with Crippen LogP contribution in [0.5, 0.6) is 0 Å². The van der Waals surface area contributed by atoms with Crippen molar-refractivity contribution in [2.75, 3.05) is 14.2 Å². The number of esters is 2. The Morgan fingerprint density at radius 3 is 2.50 bits per heavy atom. The Hall–Kier alpha value is -2.37. The van der Waals surface area contributed by atoms with Gasteiger partial charge in [-0.15, -0.1) is 0 Å². The molecule has 0 aromatic carbocycles. The fourth-order valence-electron chi connectivity index (χ4n) is 1.30. The third-order valence-electron chi connectivity index (χ3n) is 2.25. The minimum atomic E-state index is -0.592. The highest BCUT2D eigenvalue weighted by Crippen LogP contribution is 2.01. The lowest BCUT2D eigenvalue weighted by Crippen LogP contribution is -2.23. The van der Waals surface area contributed by atoms with Crippen molar-refractivity contribution in [1.82, 2.24) is 4.57 Å². The van der Waals surface area contributed by atoms with E-state index in [9.17, 15) is 14.4 Å². The summed E-state index contributed by atoms with van der Waals surface area (Å²) >= 11 is 0. The van der Waals surface area contributed by atoms with E-state index in [0.717, 1.165) is 6.07 Å². The molecule has 0 aliphatic heterocycles. The molecule has 0 atom stereocenters. The Balaban J connectivity index is 2.94. The fraction of sp³-hybridized carbons (Fsp3) is 0.250. The van der Waals surface area contributed by atoms with Crippen LogP contribution < -0.4 is 5.56 Å². The van der Waals surface area contributed by atoms with Crippen molar-refractivity contribution in [3.05, 3.63) is 46.4 Å². The molecule has 0 fully saturated rings. The molecule has 0 saturated carbocycles. The molecule has 0 amide bonds. The number of ether oxygens (including phenoxy) is 2. The van der Waals surface area contributed by atoms with Crippen molar-refractivity contribution in [2.45, 2.75) is 6.54 Å². The van der Waals surface area contributed by atoms with Crippen molar-refractivity contribution >= 4 is 11.9 Å². The van der Waals surface area contributed by atoms with Gasteiger partial charge in [0.15, 0.2) is 0 Å². The summed E-state index contributed by atoms with van der Waals surface area (Å²) < 4.78 is 10.2. The van der Waals surface area contributed by atoms with Crippen molar-refractivity contribution < 1.29 is 19.1 Å². The first-order valence-corrected chi connectivity index (χ1v) is 5.04. The summed E-state index contributed by atoms with van der Waals surface area (Å²) in [5.41, 5.74) is -0.129. The quantitative estimate of drug-likeness (QED) is 0.570. The summed E-state index contributed by atoms with van der Waals surface area (Å²) in [7, 11) is 2.46. The Labute approximate surface area is 103 Å². The summed E-state index contributed by atoms with van der Waals surface area (Å²) in [5, 5.41) is 0. The van der Waals surface area contributed by atoms with Crippen LogP contribution in [0.15, 0.2) is 35.3 Å². The summed E-state index contributed by atoms with van der Waals surface area (Å²) in [5.74, 6) is -1.18. The number of carbonyl (C=O) groups excluding carboxylic acids is 2. The summed E-state index contributed by atoms with van der Waals surface area (Å²) in [6, 6.07) is 2.56. The Bertz CT molecular complexity index is 544. The number of hydrogen-bond donors (Lipinski definition) is 0. The molecule has 1 rings (SSSR count). The molecule has 0 spiro atoms. The first-order valence-electron chi connectivity index (χ1n) is 5.04. The number of hydrogen-bond acceptors (Lipinski definition) is 5. The number of rotatable bonds is 4. The van der Waals surface area contributed by atoms with Crippen LogP contribution in [0.4, 0.5) is 0 Å². The van der Waals surface area contributed by atoms with Gasteiger partial charge >= 0.3 is 11.9 Å². The second kappa shape index (κ2) is 5.81. The minimum Gasteiger partial charge on any atom is -0.466 e. The molecule has 6 heteroatoms. The molecular formula is C12H13NO5. The van der Waals surface area contributed by atoms with Crippen LogP contribution in [0.1, 0.15) is 10.4 Å². The van der Waals surface area contributed by atoms with E-state index < -0.39 is 17.5 Å². The number of carbonyl (C=O) groups is 2. The first-order chi connectivity index (χ1) is 8.49. The molecule has 0 aliphatic rings. The maximum Gasteiger partial charge on any atom is 0.338 e. The van der Waals surface area contributed by atoms with Crippen molar-refractivity contribution in [1.29, 1.82) is 0 Å². The maximum absolute atomic E-state index is 11.7. The summed E-state index contributed by atoms with van der Waals surface area (Å²) in [6.07, 6.45) is 1.39. The van der Waals surface area contributed by atoms with Gasteiger partial charge in [0, 0.05) is 17.8 Å². The highest BCUT2D eigenvalue weighted by Gasteiger charge is 2.10. The van der Waals surface area contributed by atoms with Gasteiger partial charge in [-0.25, -0.2) is 9.59 Å². The zero-order chi connectivity index (χ0) is 13.7. The average molecular weight is 251 g/mol. The van der Waals surface area contributed by atoms with Crippen molar-refractivity contribution in [2.24, 2.45) is 0 Å². The molecular weight excluding hydrogens is 238 g/mol. The van der Waals surface area contributed by atoms with E-state index in [-0.39, 0.29) is 17.7 Å². The van der Waals surface area contributed by atoms with Crippen molar-refractivity contribution in [3.63, 3.8) is 0 Å². The minimum absolute atomic E-state index is 0.00690. The number of methoxy groups -OCH3 is 2. The van der Waals surface area contributed by atoms with Crippen molar-refractivity contribution in [3.8, 4) is 0 Å². The van der Waals surface area contributed by atoms with Crippen LogP contribution in [0.2, 0.25) is 0 Å². The van der Waals surface area contributed by atoms with E-state index in [4.69, 9.17) is 0 Å². The SMILES string of the molecule is C=C(Cn1ccc(C(=O)OC)cc1=O)C(=O)OC. The highest BCUT2D eigenvalue weighted by molar-refractivity contribution is 5.89. The lowest BCUT2D eigenvalue weighted by molar-refractivity contribution is -0.136. The summed E-state index contributed by atoms with van der Waals surface area (Å²) in [4.78, 5) is 34.0. The molecule has 1 aromatic rings. The molecule has 6 nitrogen and oxygen atoms in total.